The van der Waals surface area contributed by atoms with Gasteiger partial charge in [0.1, 0.15) is 6.04 Å². The Bertz CT molecular complexity index is 447. The van der Waals surface area contributed by atoms with Crippen molar-refractivity contribution >= 4 is 5.91 Å². The molecule has 5 heteroatoms. The number of pyridine rings is 1. The normalized spacial score (nSPS) is 23.7. The van der Waals surface area contributed by atoms with E-state index < -0.39 is 6.04 Å². The van der Waals surface area contributed by atoms with Crippen molar-refractivity contribution in [3.8, 4) is 0 Å². The van der Waals surface area contributed by atoms with Crippen molar-refractivity contribution in [2.75, 3.05) is 20.2 Å². The van der Waals surface area contributed by atoms with Crippen LogP contribution in [-0.2, 0) is 11.3 Å². The molecule has 5 nitrogen and oxygen atoms in total. The molecule has 0 bridgehead atoms. The van der Waals surface area contributed by atoms with Gasteiger partial charge in [0, 0.05) is 38.1 Å². The van der Waals surface area contributed by atoms with Gasteiger partial charge in [0.25, 0.3) is 0 Å². The Labute approximate surface area is 113 Å². The number of piperazine rings is 1. The molecule has 1 unspecified atom stereocenters. The van der Waals surface area contributed by atoms with Gasteiger partial charge < -0.3 is 10.0 Å². The van der Waals surface area contributed by atoms with Gasteiger partial charge in [-0.2, -0.15) is 0 Å². The SMILES string of the molecule is CN1C(=O)C(CO)N(Cc2cccnc2)CC1(C)C. The summed E-state index contributed by atoms with van der Waals surface area (Å²) in [6.07, 6.45) is 3.52. The van der Waals surface area contributed by atoms with E-state index in [1.807, 2.05) is 30.9 Å². The molecule has 1 aliphatic rings. The van der Waals surface area contributed by atoms with Crippen molar-refractivity contribution in [3.05, 3.63) is 30.1 Å². The fraction of sp³-hybridized carbons (Fsp3) is 0.571. The molecule has 0 aliphatic carbocycles. The highest BCUT2D eigenvalue weighted by molar-refractivity contribution is 5.83. The maximum Gasteiger partial charge on any atom is 0.242 e. The van der Waals surface area contributed by atoms with Gasteiger partial charge in [-0.1, -0.05) is 6.07 Å². The first-order valence-corrected chi connectivity index (χ1v) is 6.47. The smallest absolute Gasteiger partial charge is 0.242 e. The second kappa shape index (κ2) is 5.27. The molecule has 0 spiro atoms. The third-order valence-electron chi connectivity index (χ3n) is 3.84. The summed E-state index contributed by atoms with van der Waals surface area (Å²) >= 11 is 0. The van der Waals surface area contributed by atoms with Gasteiger partial charge in [-0.25, -0.2) is 0 Å². The van der Waals surface area contributed by atoms with Crippen LogP contribution in [0.4, 0.5) is 0 Å². The Kier molecular flexibility index (Phi) is 3.87. The minimum Gasteiger partial charge on any atom is -0.394 e. The van der Waals surface area contributed by atoms with E-state index in [9.17, 15) is 9.90 Å². The van der Waals surface area contributed by atoms with Crippen LogP contribution in [0.5, 0.6) is 0 Å². The molecule has 0 aromatic carbocycles. The number of nitrogens with zero attached hydrogens (tertiary/aromatic N) is 3. The lowest BCUT2D eigenvalue weighted by atomic mass is 9.95. The van der Waals surface area contributed by atoms with Crippen LogP contribution in [0.2, 0.25) is 0 Å². The summed E-state index contributed by atoms with van der Waals surface area (Å²) in [6.45, 7) is 5.28. The van der Waals surface area contributed by atoms with Crippen LogP contribution in [0.25, 0.3) is 0 Å². The number of hydrogen-bond acceptors (Lipinski definition) is 4. The molecule has 0 saturated carbocycles. The summed E-state index contributed by atoms with van der Waals surface area (Å²) in [5.74, 6) is -0.0253. The Balaban J connectivity index is 2.20. The van der Waals surface area contributed by atoms with E-state index in [-0.39, 0.29) is 18.1 Å². The average molecular weight is 263 g/mol. The second-order valence-electron chi connectivity index (χ2n) is 5.67. The zero-order valence-corrected chi connectivity index (χ0v) is 11.7. The number of hydrogen-bond donors (Lipinski definition) is 1. The highest BCUT2D eigenvalue weighted by atomic mass is 16.3. The third-order valence-corrected chi connectivity index (χ3v) is 3.84. The van der Waals surface area contributed by atoms with E-state index in [1.165, 1.54) is 0 Å². The molecule has 0 radical (unpaired) electrons. The molecule has 1 aliphatic heterocycles. The first kappa shape index (κ1) is 14.0. The summed E-state index contributed by atoms with van der Waals surface area (Å²) in [5.41, 5.74) is 0.819. The molecule has 1 atom stereocenters. The number of likely N-dealkylation sites (N-methyl/N-ethyl adjacent to an activating group) is 1. The quantitative estimate of drug-likeness (QED) is 0.862. The average Bonchev–Trinajstić information content (AvgIpc) is 2.37. The number of rotatable bonds is 3. The van der Waals surface area contributed by atoms with E-state index in [0.717, 1.165) is 12.1 Å². The van der Waals surface area contributed by atoms with Gasteiger partial charge in [-0.05, 0) is 25.5 Å². The van der Waals surface area contributed by atoms with Crippen molar-refractivity contribution in [2.24, 2.45) is 0 Å². The van der Waals surface area contributed by atoms with Gasteiger partial charge in [-0.15, -0.1) is 0 Å². The Morgan fingerprint density at radius 1 is 1.53 bits per heavy atom. The van der Waals surface area contributed by atoms with Gasteiger partial charge >= 0.3 is 0 Å². The largest absolute Gasteiger partial charge is 0.394 e. The number of aliphatic hydroxyl groups excluding tert-OH is 1. The molecule has 1 aromatic heterocycles. The van der Waals surface area contributed by atoms with Crippen LogP contribution in [0.3, 0.4) is 0 Å². The molecule has 1 N–H and O–H groups in total. The highest BCUT2D eigenvalue weighted by Crippen LogP contribution is 2.25. The molecule has 2 rings (SSSR count). The summed E-state index contributed by atoms with van der Waals surface area (Å²) in [5, 5.41) is 9.49. The zero-order chi connectivity index (χ0) is 14.0. The van der Waals surface area contributed by atoms with Crippen LogP contribution in [0.15, 0.2) is 24.5 Å². The number of carbonyl (C=O) groups is 1. The maximum atomic E-state index is 12.3. The maximum absolute atomic E-state index is 12.3. The Morgan fingerprint density at radius 3 is 2.84 bits per heavy atom. The van der Waals surface area contributed by atoms with Crippen LogP contribution in [-0.4, -0.2) is 57.6 Å². The van der Waals surface area contributed by atoms with Crippen LogP contribution in [0, 0.1) is 0 Å². The number of carbonyl (C=O) groups excluding carboxylic acids is 1. The van der Waals surface area contributed by atoms with Gasteiger partial charge in [0.15, 0.2) is 0 Å². The molecular formula is C14H21N3O2. The first-order valence-electron chi connectivity index (χ1n) is 6.47. The number of aliphatic hydroxyl groups is 1. The van der Waals surface area contributed by atoms with Crippen molar-refractivity contribution in [1.29, 1.82) is 0 Å². The standard InChI is InChI=1S/C14H21N3O2/c1-14(2)10-17(8-11-5-4-6-15-7-11)12(9-18)13(19)16(14)3/h4-7,12,18H,8-10H2,1-3H3. The van der Waals surface area contributed by atoms with Gasteiger partial charge in [0.05, 0.1) is 6.61 Å². The lowest BCUT2D eigenvalue weighted by molar-refractivity contribution is -0.151. The second-order valence-corrected chi connectivity index (χ2v) is 5.67. The monoisotopic (exact) mass is 263 g/mol. The zero-order valence-electron chi connectivity index (χ0n) is 11.7. The van der Waals surface area contributed by atoms with Crippen molar-refractivity contribution in [1.82, 2.24) is 14.8 Å². The molecule has 2 heterocycles. The first-order chi connectivity index (χ1) is 8.95. The summed E-state index contributed by atoms with van der Waals surface area (Å²) < 4.78 is 0. The van der Waals surface area contributed by atoms with E-state index in [0.29, 0.717) is 6.54 Å². The van der Waals surface area contributed by atoms with Crippen molar-refractivity contribution in [3.63, 3.8) is 0 Å². The predicted octanol–water partition coefficient (Wildman–Crippen LogP) is 0.495. The molecule has 19 heavy (non-hydrogen) atoms. The van der Waals surface area contributed by atoms with E-state index in [4.69, 9.17) is 0 Å². The van der Waals surface area contributed by atoms with Gasteiger partial charge in [0.2, 0.25) is 5.91 Å². The Morgan fingerprint density at radius 2 is 2.26 bits per heavy atom. The van der Waals surface area contributed by atoms with Crippen LogP contribution < -0.4 is 0 Å². The van der Waals surface area contributed by atoms with Gasteiger partial charge in [-0.3, -0.25) is 14.7 Å². The fourth-order valence-electron chi connectivity index (χ4n) is 2.48. The van der Waals surface area contributed by atoms with Crippen LogP contribution in [0.1, 0.15) is 19.4 Å². The fourth-order valence-corrected chi connectivity index (χ4v) is 2.48. The molecule has 1 saturated heterocycles. The van der Waals surface area contributed by atoms with E-state index in [1.54, 1.807) is 24.3 Å². The summed E-state index contributed by atoms with van der Waals surface area (Å²) in [4.78, 5) is 20.1. The highest BCUT2D eigenvalue weighted by Gasteiger charge is 2.42. The molecule has 1 fully saturated rings. The predicted molar refractivity (Wildman–Crippen MR) is 72.4 cm³/mol. The molecular weight excluding hydrogens is 242 g/mol. The lowest BCUT2D eigenvalue weighted by Gasteiger charge is -2.48. The minimum absolute atomic E-state index is 0.0253. The topological polar surface area (TPSA) is 56.7 Å². The molecule has 104 valence electrons. The minimum atomic E-state index is -0.460. The molecule has 1 aromatic rings. The van der Waals surface area contributed by atoms with Crippen LogP contribution >= 0.6 is 0 Å². The van der Waals surface area contributed by atoms with Crippen molar-refractivity contribution in [2.45, 2.75) is 32.0 Å². The lowest BCUT2D eigenvalue weighted by Crippen LogP contribution is -2.65. The molecule has 1 amide bonds. The summed E-state index contributed by atoms with van der Waals surface area (Å²) in [6, 6.07) is 3.40. The van der Waals surface area contributed by atoms with Crippen molar-refractivity contribution < 1.29 is 9.90 Å². The number of amides is 1. The van der Waals surface area contributed by atoms with E-state index >= 15 is 0 Å². The number of aromatic nitrogens is 1. The van der Waals surface area contributed by atoms with E-state index in [2.05, 4.69) is 4.98 Å². The summed E-state index contributed by atoms with van der Waals surface area (Å²) in [7, 11) is 1.80. The Hall–Kier alpha value is -1.46. The third kappa shape index (κ3) is 2.77.